The summed E-state index contributed by atoms with van der Waals surface area (Å²) < 4.78 is 0. The first kappa shape index (κ1) is 13.5. The summed E-state index contributed by atoms with van der Waals surface area (Å²) in [7, 11) is 0. The van der Waals surface area contributed by atoms with E-state index in [4.69, 9.17) is 9.78 Å². The Labute approximate surface area is 114 Å². The summed E-state index contributed by atoms with van der Waals surface area (Å²) >= 11 is 0. The molecule has 2 aromatic carbocycles. The summed E-state index contributed by atoms with van der Waals surface area (Å²) in [5.74, 6) is 1.99. The zero-order chi connectivity index (χ0) is 13.8. The third-order valence-corrected chi connectivity index (χ3v) is 3.33. The Morgan fingerprint density at radius 2 is 1.53 bits per heavy atom. The fourth-order valence-electron chi connectivity index (χ4n) is 1.82. The minimum atomic E-state index is 0.522. The molecule has 100 valence electrons. The highest BCUT2D eigenvalue weighted by Gasteiger charge is 2.04. The van der Waals surface area contributed by atoms with Crippen molar-refractivity contribution in [3.63, 3.8) is 0 Å². The minimum absolute atomic E-state index is 0.522. The molecule has 0 saturated carbocycles. The molecule has 2 nitrogen and oxygen atoms in total. The molecule has 0 amide bonds. The predicted octanol–water partition coefficient (Wildman–Crippen LogP) is 4.80. The number of rotatable bonds is 4. The lowest BCUT2D eigenvalue weighted by Gasteiger charge is -2.10. The van der Waals surface area contributed by atoms with Gasteiger partial charge in [-0.05, 0) is 54.7 Å². The summed E-state index contributed by atoms with van der Waals surface area (Å²) in [5.41, 5.74) is 3.58. The topological polar surface area (TPSA) is 18.5 Å². The standard InChI is InChI=1S/C17H20O2/c1-12(2)15-8-10-16(11-9-15)18-19-17-7-5-6-13(3)14(17)4/h5-12H,1-4H3. The van der Waals surface area contributed by atoms with E-state index in [1.807, 2.05) is 31.2 Å². The van der Waals surface area contributed by atoms with Gasteiger partial charge in [0.1, 0.15) is 0 Å². The molecule has 0 radical (unpaired) electrons. The van der Waals surface area contributed by atoms with Crippen molar-refractivity contribution in [1.29, 1.82) is 0 Å². The maximum absolute atomic E-state index is 5.40. The lowest BCUT2D eigenvalue weighted by Crippen LogP contribution is -2.02. The fourth-order valence-corrected chi connectivity index (χ4v) is 1.82. The van der Waals surface area contributed by atoms with Crippen LogP contribution in [-0.2, 0) is 0 Å². The highest BCUT2D eigenvalue weighted by Crippen LogP contribution is 2.23. The first-order valence-electron chi connectivity index (χ1n) is 6.58. The molecule has 0 atom stereocenters. The summed E-state index contributed by atoms with van der Waals surface area (Å²) in [6, 6.07) is 13.9. The Bertz CT molecular complexity index is 542. The first-order valence-corrected chi connectivity index (χ1v) is 6.58. The molecule has 0 aromatic heterocycles. The van der Waals surface area contributed by atoms with Gasteiger partial charge in [-0.2, -0.15) is 0 Å². The molecule has 0 fully saturated rings. The van der Waals surface area contributed by atoms with Crippen molar-refractivity contribution in [2.45, 2.75) is 33.6 Å². The number of aryl methyl sites for hydroxylation is 1. The maximum Gasteiger partial charge on any atom is 0.181 e. The van der Waals surface area contributed by atoms with E-state index in [2.05, 4.69) is 39.0 Å². The molecule has 2 rings (SSSR count). The average Bonchev–Trinajstić information content (AvgIpc) is 2.41. The zero-order valence-electron chi connectivity index (χ0n) is 11.9. The zero-order valence-corrected chi connectivity index (χ0v) is 11.9. The van der Waals surface area contributed by atoms with Crippen LogP contribution in [0.2, 0.25) is 0 Å². The lowest BCUT2D eigenvalue weighted by atomic mass is 10.0. The number of hydrogen-bond acceptors (Lipinski definition) is 2. The van der Waals surface area contributed by atoms with E-state index in [1.54, 1.807) is 0 Å². The van der Waals surface area contributed by atoms with Crippen LogP contribution in [0.4, 0.5) is 0 Å². The number of hydrogen-bond donors (Lipinski definition) is 0. The fraction of sp³-hybridized carbons (Fsp3) is 0.294. The molecule has 0 aliphatic heterocycles. The van der Waals surface area contributed by atoms with Gasteiger partial charge in [-0.1, -0.05) is 38.1 Å². The summed E-state index contributed by atoms with van der Waals surface area (Å²) in [5, 5.41) is 0. The summed E-state index contributed by atoms with van der Waals surface area (Å²) in [4.78, 5) is 10.8. The molecule has 0 aliphatic rings. The Kier molecular flexibility index (Phi) is 4.10. The van der Waals surface area contributed by atoms with Crippen molar-refractivity contribution in [3.8, 4) is 11.5 Å². The van der Waals surface area contributed by atoms with Crippen LogP contribution in [0.25, 0.3) is 0 Å². The van der Waals surface area contributed by atoms with Gasteiger partial charge in [0.15, 0.2) is 11.5 Å². The Morgan fingerprint density at radius 1 is 0.842 bits per heavy atom. The van der Waals surface area contributed by atoms with Crippen LogP contribution in [0, 0.1) is 13.8 Å². The van der Waals surface area contributed by atoms with Crippen molar-refractivity contribution in [2.24, 2.45) is 0 Å². The van der Waals surface area contributed by atoms with E-state index in [9.17, 15) is 0 Å². The van der Waals surface area contributed by atoms with Gasteiger partial charge in [-0.25, -0.2) is 0 Å². The second kappa shape index (κ2) is 5.79. The van der Waals surface area contributed by atoms with Crippen molar-refractivity contribution in [3.05, 3.63) is 59.2 Å². The van der Waals surface area contributed by atoms with Crippen molar-refractivity contribution in [1.82, 2.24) is 0 Å². The average molecular weight is 256 g/mol. The Morgan fingerprint density at radius 3 is 2.16 bits per heavy atom. The molecule has 19 heavy (non-hydrogen) atoms. The van der Waals surface area contributed by atoms with Gasteiger partial charge < -0.3 is 0 Å². The first-order chi connectivity index (χ1) is 9.08. The quantitative estimate of drug-likeness (QED) is 0.578. The molecule has 0 heterocycles. The molecular weight excluding hydrogens is 236 g/mol. The van der Waals surface area contributed by atoms with E-state index in [-0.39, 0.29) is 0 Å². The van der Waals surface area contributed by atoms with Crippen LogP contribution in [0.3, 0.4) is 0 Å². The normalized spacial score (nSPS) is 10.6. The second-order valence-electron chi connectivity index (χ2n) is 5.09. The Balaban J connectivity index is 2.04. The molecule has 0 spiro atoms. The third kappa shape index (κ3) is 3.28. The van der Waals surface area contributed by atoms with Crippen LogP contribution in [0.15, 0.2) is 42.5 Å². The van der Waals surface area contributed by atoms with Gasteiger partial charge in [0.25, 0.3) is 0 Å². The SMILES string of the molecule is Cc1cccc(OOc2ccc(C(C)C)cc2)c1C. The van der Waals surface area contributed by atoms with Crippen LogP contribution < -0.4 is 9.78 Å². The van der Waals surface area contributed by atoms with Crippen LogP contribution in [-0.4, -0.2) is 0 Å². The Hall–Kier alpha value is -1.96. The van der Waals surface area contributed by atoms with E-state index in [0.29, 0.717) is 11.7 Å². The van der Waals surface area contributed by atoms with E-state index >= 15 is 0 Å². The van der Waals surface area contributed by atoms with E-state index < -0.39 is 0 Å². The highest BCUT2D eigenvalue weighted by molar-refractivity contribution is 5.38. The molecule has 2 heteroatoms. The summed E-state index contributed by atoms with van der Waals surface area (Å²) in [6.45, 7) is 8.42. The van der Waals surface area contributed by atoms with E-state index in [0.717, 1.165) is 11.3 Å². The monoisotopic (exact) mass is 256 g/mol. The second-order valence-corrected chi connectivity index (χ2v) is 5.09. The van der Waals surface area contributed by atoms with E-state index in [1.165, 1.54) is 11.1 Å². The molecule has 0 saturated heterocycles. The van der Waals surface area contributed by atoms with Crippen molar-refractivity contribution < 1.29 is 9.78 Å². The molecule has 0 N–H and O–H groups in total. The smallest absolute Gasteiger partial charge is 0.181 e. The molecular formula is C17H20O2. The van der Waals surface area contributed by atoms with Crippen molar-refractivity contribution in [2.75, 3.05) is 0 Å². The predicted molar refractivity (Wildman–Crippen MR) is 77.7 cm³/mol. The van der Waals surface area contributed by atoms with Gasteiger partial charge in [0.05, 0.1) is 0 Å². The van der Waals surface area contributed by atoms with Gasteiger partial charge >= 0.3 is 0 Å². The summed E-state index contributed by atoms with van der Waals surface area (Å²) in [6.07, 6.45) is 0. The van der Waals surface area contributed by atoms with Crippen LogP contribution >= 0.6 is 0 Å². The maximum atomic E-state index is 5.40. The largest absolute Gasteiger partial charge is 0.290 e. The number of benzene rings is 2. The molecule has 2 aromatic rings. The minimum Gasteiger partial charge on any atom is -0.290 e. The van der Waals surface area contributed by atoms with Crippen molar-refractivity contribution >= 4 is 0 Å². The van der Waals surface area contributed by atoms with Crippen LogP contribution in [0.5, 0.6) is 11.5 Å². The van der Waals surface area contributed by atoms with Gasteiger partial charge in [-0.15, -0.1) is 0 Å². The molecule has 0 unspecified atom stereocenters. The third-order valence-electron chi connectivity index (χ3n) is 3.33. The van der Waals surface area contributed by atoms with Gasteiger partial charge in [0.2, 0.25) is 0 Å². The molecule has 0 bridgehead atoms. The van der Waals surface area contributed by atoms with Gasteiger partial charge in [-0.3, -0.25) is 9.78 Å². The lowest BCUT2D eigenvalue weighted by molar-refractivity contribution is -0.101. The van der Waals surface area contributed by atoms with Crippen LogP contribution in [0.1, 0.15) is 36.5 Å². The van der Waals surface area contributed by atoms with Gasteiger partial charge in [0, 0.05) is 0 Å². The highest BCUT2D eigenvalue weighted by atomic mass is 17.2. The molecule has 0 aliphatic carbocycles.